The van der Waals surface area contributed by atoms with Crippen molar-refractivity contribution in [1.82, 2.24) is 5.32 Å². The van der Waals surface area contributed by atoms with Gasteiger partial charge in [-0.15, -0.1) is 0 Å². The van der Waals surface area contributed by atoms with Crippen molar-refractivity contribution in [3.63, 3.8) is 0 Å². The molecule has 4 heteroatoms. The molecule has 20 heavy (non-hydrogen) atoms. The molecule has 0 radical (unpaired) electrons. The molecule has 0 bridgehead atoms. The van der Waals surface area contributed by atoms with E-state index in [2.05, 4.69) is 26.1 Å². The zero-order valence-electron chi connectivity index (χ0n) is 13.8. The second kappa shape index (κ2) is 6.90. The summed E-state index contributed by atoms with van der Waals surface area (Å²) in [5.74, 6) is -0.0226. The summed E-state index contributed by atoms with van der Waals surface area (Å²) >= 11 is 0. The van der Waals surface area contributed by atoms with E-state index in [1.807, 2.05) is 13.8 Å². The minimum absolute atomic E-state index is 0.0226. The van der Waals surface area contributed by atoms with E-state index >= 15 is 0 Å². The van der Waals surface area contributed by atoms with Crippen molar-refractivity contribution in [2.24, 2.45) is 11.1 Å². The van der Waals surface area contributed by atoms with Crippen molar-refractivity contribution in [3.8, 4) is 0 Å². The monoisotopic (exact) mass is 284 g/mol. The molecule has 0 aliphatic heterocycles. The third-order valence-corrected chi connectivity index (χ3v) is 5.06. The first kappa shape index (κ1) is 17.4. The van der Waals surface area contributed by atoms with Gasteiger partial charge in [0, 0.05) is 18.1 Å². The van der Waals surface area contributed by atoms with Crippen LogP contribution in [0.25, 0.3) is 0 Å². The number of nitrogens with two attached hydrogens (primary N) is 1. The van der Waals surface area contributed by atoms with Crippen molar-refractivity contribution in [3.05, 3.63) is 0 Å². The van der Waals surface area contributed by atoms with E-state index in [0.29, 0.717) is 6.42 Å². The van der Waals surface area contributed by atoms with E-state index in [1.54, 1.807) is 0 Å². The van der Waals surface area contributed by atoms with Crippen LogP contribution in [0.15, 0.2) is 0 Å². The Labute approximate surface area is 123 Å². The fraction of sp³-hybridized carbons (Fsp3) is 0.938. The molecule has 1 aliphatic rings. The molecular formula is C16H32N2O2. The number of nitrogens with one attached hydrogen (secondary N) is 1. The van der Waals surface area contributed by atoms with Crippen molar-refractivity contribution in [2.75, 3.05) is 6.61 Å². The lowest BCUT2D eigenvalue weighted by atomic mass is 9.58. The predicted molar refractivity (Wildman–Crippen MR) is 82.5 cm³/mol. The zero-order chi connectivity index (χ0) is 15.4. The predicted octanol–water partition coefficient (Wildman–Crippen LogP) is 2.60. The first-order chi connectivity index (χ1) is 9.37. The topological polar surface area (TPSA) is 64.4 Å². The lowest BCUT2D eigenvalue weighted by Crippen LogP contribution is -2.67. The summed E-state index contributed by atoms with van der Waals surface area (Å²) in [4.78, 5) is 12.4. The van der Waals surface area contributed by atoms with E-state index in [4.69, 9.17) is 10.5 Å². The molecule has 3 N–H and O–H groups in total. The average molecular weight is 284 g/mol. The number of carbonyl (C=O) groups is 1. The number of rotatable bonds is 8. The highest BCUT2D eigenvalue weighted by molar-refractivity contribution is 5.86. The second-order valence-corrected chi connectivity index (χ2v) is 6.31. The van der Waals surface area contributed by atoms with Crippen LogP contribution in [-0.2, 0) is 9.53 Å². The Morgan fingerprint density at radius 3 is 2.40 bits per heavy atom. The van der Waals surface area contributed by atoms with Gasteiger partial charge in [-0.05, 0) is 39.5 Å². The van der Waals surface area contributed by atoms with Gasteiger partial charge in [-0.1, -0.05) is 27.2 Å². The lowest BCUT2D eigenvalue weighted by Gasteiger charge is -2.55. The van der Waals surface area contributed by atoms with Gasteiger partial charge >= 0.3 is 0 Å². The number of ether oxygens (including phenoxy) is 1. The quantitative estimate of drug-likeness (QED) is 0.720. The van der Waals surface area contributed by atoms with E-state index in [0.717, 1.165) is 32.3 Å². The maximum absolute atomic E-state index is 12.4. The van der Waals surface area contributed by atoms with Crippen molar-refractivity contribution < 1.29 is 9.53 Å². The third kappa shape index (κ3) is 3.17. The Bertz CT molecular complexity index is 324. The molecule has 1 amide bonds. The van der Waals surface area contributed by atoms with Gasteiger partial charge in [-0.25, -0.2) is 0 Å². The summed E-state index contributed by atoms with van der Waals surface area (Å²) in [6, 6.07) is 0.196. The average Bonchev–Trinajstić information content (AvgIpc) is 2.38. The number of hydrogen-bond donors (Lipinski definition) is 2. The number of hydrogen-bond acceptors (Lipinski definition) is 3. The number of amides is 1. The van der Waals surface area contributed by atoms with E-state index in [-0.39, 0.29) is 23.5 Å². The number of carbonyl (C=O) groups excluding carboxylic acids is 1. The fourth-order valence-electron chi connectivity index (χ4n) is 3.54. The van der Waals surface area contributed by atoms with Crippen LogP contribution >= 0.6 is 0 Å². The van der Waals surface area contributed by atoms with Gasteiger partial charge in [0.2, 0.25) is 5.91 Å². The van der Waals surface area contributed by atoms with Crippen molar-refractivity contribution in [1.29, 1.82) is 0 Å². The highest BCUT2D eigenvalue weighted by Gasteiger charge is 2.54. The molecule has 0 heterocycles. The normalized spacial score (nSPS) is 27.5. The maximum atomic E-state index is 12.4. The summed E-state index contributed by atoms with van der Waals surface area (Å²) < 4.78 is 5.84. The standard InChI is InChI=1S/C16H32N2O2/c1-6-10-15(5,17)14(19)18-12-11-13(20-9-4)16(12,7-2)8-3/h12-13H,6-11,17H2,1-5H3,(H,18,19). The molecule has 1 aliphatic carbocycles. The van der Waals surface area contributed by atoms with Crippen LogP contribution in [-0.4, -0.2) is 30.2 Å². The van der Waals surface area contributed by atoms with E-state index in [1.165, 1.54) is 0 Å². The largest absolute Gasteiger partial charge is 0.378 e. The van der Waals surface area contributed by atoms with Crippen LogP contribution in [0.3, 0.4) is 0 Å². The molecule has 3 atom stereocenters. The molecule has 4 nitrogen and oxygen atoms in total. The second-order valence-electron chi connectivity index (χ2n) is 6.31. The van der Waals surface area contributed by atoms with Gasteiger partial charge in [0.1, 0.15) is 0 Å². The summed E-state index contributed by atoms with van der Waals surface area (Å²) in [7, 11) is 0. The molecule has 1 saturated carbocycles. The molecule has 1 fully saturated rings. The third-order valence-electron chi connectivity index (χ3n) is 5.06. The zero-order valence-corrected chi connectivity index (χ0v) is 13.8. The molecule has 0 saturated heterocycles. The summed E-state index contributed by atoms with van der Waals surface area (Å²) in [6.45, 7) is 11.0. The van der Waals surface area contributed by atoms with Gasteiger partial charge in [0.25, 0.3) is 0 Å². The van der Waals surface area contributed by atoms with Crippen LogP contribution in [0, 0.1) is 5.41 Å². The van der Waals surface area contributed by atoms with Gasteiger partial charge in [-0.3, -0.25) is 4.79 Å². The Morgan fingerprint density at radius 2 is 1.95 bits per heavy atom. The Morgan fingerprint density at radius 1 is 1.35 bits per heavy atom. The molecular weight excluding hydrogens is 252 g/mol. The Balaban J connectivity index is 2.71. The molecule has 118 valence electrons. The van der Waals surface area contributed by atoms with Gasteiger partial charge in [-0.2, -0.15) is 0 Å². The van der Waals surface area contributed by atoms with Crippen LogP contribution in [0.5, 0.6) is 0 Å². The Hall–Kier alpha value is -0.610. The lowest BCUT2D eigenvalue weighted by molar-refractivity contribution is -0.151. The molecule has 0 spiro atoms. The molecule has 0 aromatic heterocycles. The fourth-order valence-corrected chi connectivity index (χ4v) is 3.54. The minimum Gasteiger partial charge on any atom is -0.378 e. The Kier molecular flexibility index (Phi) is 6.02. The van der Waals surface area contributed by atoms with Gasteiger partial charge < -0.3 is 15.8 Å². The van der Waals surface area contributed by atoms with Crippen molar-refractivity contribution in [2.45, 2.75) is 84.4 Å². The van der Waals surface area contributed by atoms with Gasteiger partial charge in [0.15, 0.2) is 0 Å². The summed E-state index contributed by atoms with van der Waals surface area (Å²) in [5.41, 5.74) is 5.43. The minimum atomic E-state index is -0.765. The summed E-state index contributed by atoms with van der Waals surface area (Å²) in [6.07, 6.45) is 4.85. The first-order valence-electron chi connectivity index (χ1n) is 8.09. The maximum Gasteiger partial charge on any atom is 0.240 e. The molecule has 0 aromatic carbocycles. The molecule has 0 aromatic rings. The SMILES string of the molecule is CCCC(C)(N)C(=O)NC1CC(OCC)C1(CC)CC. The van der Waals surface area contributed by atoms with Crippen LogP contribution in [0.2, 0.25) is 0 Å². The molecule has 3 unspecified atom stereocenters. The highest BCUT2D eigenvalue weighted by Crippen LogP contribution is 2.49. The van der Waals surface area contributed by atoms with E-state index in [9.17, 15) is 4.79 Å². The highest BCUT2D eigenvalue weighted by atomic mass is 16.5. The smallest absolute Gasteiger partial charge is 0.240 e. The van der Waals surface area contributed by atoms with Crippen LogP contribution in [0.4, 0.5) is 0 Å². The summed E-state index contributed by atoms with van der Waals surface area (Å²) in [5, 5.41) is 3.18. The van der Waals surface area contributed by atoms with Crippen LogP contribution in [0.1, 0.15) is 66.7 Å². The van der Waals surface area contributed by atoms with Crippen molar-refractivity contribution >= 4 is 5.91 Å². The van der Waals surface area contributed by atoms with Crippen LogP contribution < -0.4 is 11.1 Å². The van der Waals surface area contributed by atoms with Gasteiger partial charge in [0.05, 0.1) is 11.6 Å². The van der Waals surface area contributed by atoms with E-state index < -0.39 is 5.54 Å². The molecule has 1 rings (SSSR count). The first-order valence-corrected chi connectivity index (χ1v) is 8.09.